The van der Waals surface area contributed by atoms with E-state index < -0.39 is 17.1 Å². The van der Waals surface area contributed by atoms with Crippen molar-refractivity contribution in [3.8, 4) is 0 Å². The second-order valence-electron chi connectivity index (χ2n) is 7.42. The summed E-state index contributed by atoms with van der Waals surface area (Å²) < 4.78 is 19.1. The van der Waals surface area contributed by atoms with Gasteiger partial charge in [0.15, 0.2) is 0 Å². The summed E-state index contributed by atoms with van der Waals surface area (Å²) in [6.45, 7) is 11.8. The fourth-order valence-electron chi connectivity index (χ4n) is 1.69. The van der Waals surface area contributed by atoms with Gasteiger partial charge in [-0.05, 0) is 40.3 Å². The van der Waals surface area contributed by atoms with E-state index in [1.165, 1.54) is 0 Å². The number of hydrogen-bond donors (Lipinski definition) is 0. The molecule has 0 unspecified atom stereocenters. The summed E-state index contributed by atoms with van der Waals surface area (Å²) in [5.74, 6) is 0. The molecule has 0 aromatic rings. The van der Waals surface area contributed by atoms with E-state index in [4.69, 9.17) is 13.0 Å². The van der Waals surface area contributed by atoms with Gasteiger partial charge in [-0.15, -0.1) is 0 Å². The molecule has 0 fully saturated rings. The van der Waals surface area contributed by atoms with E-state index in [9.17, 15) is 0 Å². The Bertz CT molecular complexity index is 279. The van der Waals surface area contributed by atoms with Gasteiger partial charge in [0.2, 0.25) is 0 Å². The Morgan fingerprint density at radius 2 is 1.30 bits per heavy atom. The third kappa shape index (κ3) is 12.0. The third-order valence-electron chi connectivity index (χ3n) is 2.69. The van der Waals surface area contributed by atoms with Crippen LogP contribution in [0.3, 0.4) is 0 Å². The molecule has 0 bridgehead atoms. The van der Waals surface area contributed by atoms with Gasteiger partial charge < -0.3 is 22.4 Å². The summed E-state index contributed by atoms with van der Waals surface area (Å²) in [6, 6.07) is 0. The normalized spacial score (nSPS) is 14.1. The van der Waals surface area contributed by atoms with Crippen molar-refractivity contribution in [3.63, 3.8) is 0 Å². The summed E-state index contributed by atoms with van der Waals surface area (Å²) in [5.41, 5.74) is 0. The van der Waals surface area contributed by atoms with Gasteiger partial charge >= 0.3 is 17.1 Å². The van der Waals surface area contributed by atoms with Crippen LogP contribution >= 0.6 is 0 Å². The highest BCUT2D eigenvalue weighted by atomic mass is 28.5. The van der Waals surface area contributed by atoms with Gasteiger partial charge in [0, 0.05) is 13.2 Å². The molecule has 20 heavy (non-hydrogen) atoms. The zero-order valence-corrected chi connectivity index (χ0v) is 16.9. The Morgan fingerprint density at radius 3 is 1.70 bits per heavy atom. The Hall–Kier alpha value is 0.234. The van der Waals surface area contributed by atoms with E-state index in [1.54, 1.807) is 0 Å². The lowest BCUT2D eigenvalue weighted by Gasteiger charge is -2.33. The molecule has 0 amide bonds. The second-order valence-corrected chi connectivity index (χ2v) is 14.4. The molecule has 0 atom stereocenters. The first kappa shape index (κ1) is 20.2. The quantitative estimate of drug-likeness (QED) is 0.452. The topological polar surface area (TPSA) is 30.9 Å². The predicted octanol–water partition coefficient (Wildman–Crippen LogP) is 1.71. The first-order chi connectivity index (χ1) is 8.83. The summed E-state index contributed by atoms with van der Waals surface area (Å²) in [5, 5.41) is 0. The van der Waals surface area contributed by atoms with Crippen molar-refractivity contribution in [2.75, 3.05) is 61.5 Å². The summed E-state index contributed by atoms with van der Waals surface area (Å²) in [6.07, 6.45) is 0. The lowest BCUT2D eigenvalue weighted by Crippen LogP contribution is -2.50. The first-order valence-electron chi connectivity index (χ1n) is 7.26. The summed E-state index contributed by atoms with van der Waals surface area (Å²) >= 11 is 0. The smallest absolute Gasteiger partial charge is 0.323 e. The average molecular weight is 324 g/mol. The maximum absolute atomic E-state index is 6.23. The molecule has 0 radical (unpaired) electrons. The van der Waals surface area contributed by atoms with Crippen LogP contribution in [0.25, 0.3) is 0 Å². The van der Waals surface area contributed by atoms with E-state index >= 15 is 0 Å². The Morgan fingerprint density at radius 1 is 0.850 bits per heavy atom. The molecule has 0 aliphatic heterocycles. The van der Waals surface area contributed by atoms with Gasteiger partial charge in [-0.2, -0.15) is 0 Å². The number of quaternary nitrogens is 1. The van der Waals surface area contributed by atoms with Crippen molar-refractivity contribution < 1.29 is 17.5 Å². The van der Waals surface area contributed by atoms with Crippen LogP contribution in [0.5, 0.6) is 0 Å². The van der Waals surface area contributed by atoms with Gasteiger partial charge in [0.05, 0.1) is 27.7 Å². The lowest BCUT2D eigenvalue weighted by atomic mass is 10.5. The number of hydrogen-bond acceptors (Lipinski definition) is 4. The maximum Gasteiger partial charge on any atom is 0.323 e. The molecular formula is C13H35N2O3Si2+. The van der Waals surface area contributed by atoms with Crippen molar-refractivity contribution >= 4 is 17.1 Å². The van der Waals surface area contributed by atoms with E-state index in [0.29, 0.717) is 0 Å². The summed E-state index contributed by atoms with van der Waals surface area (Å²) in [4.78, 5) is 2.12. The highest BCUT2D eigenvalue weighted by Crippen LogP contribution is 2.16. The van der Waals surface area contributed by atoms with Gasteiger partial charge in [0.25, 0.3) is 0 Å². The van der Waals surface area contributed by atoms with Crippen LogP contribution in [0.15, 0.2) is 0 Å². The second kappa shape index (κ2) is 8.02. The van der Waals surface area contributed by atoms with Crippen molar-refractivity contribution in [2.24, 2.45) is 0 Å². The van der Waals surface area contributed by atoms with Crippen molar-refractivity contribution in [1.82, 2.24) is 4.90 Å². The Labute approximate surface area is 127 Å². The van der Waals surface area contributed by atoms with Crippen LogP contribution < -0.4 is 0 Å². The van der Waals surface area contributed by atoms with Crippen molar-refractivity contribution in [1.29, 1.82) is 0 Å². The van der Waals surface area contributed by atoms with Crippen LogP contribution in [0.1, 0.15) is 0 Å². The highest BCUT2D eigenvalue weighted by Gasteiger charge is 2.36. The summed E-state index contributed by atoms with van der Waals surface area (Å²) in [7, 11) is 6.40. The molecule has 5 nitrogen and oxygen atoms in total. The minimum atomic E-state index is -2.10. The van der Waals surface area contributed by atoms with Gasteiger partial charge in [0.1, 0.15) is 6.54 Å². The average Bonchev–Trinajstić information content (AvgIpc) is 2.10. The molecule has 0 heterocycles. The molecule has 0 aromatic heterocycles. The monoisotopic (exact) mass is 323 g/mol. The zero-order valence-electron chi connectivity index (χ0n) is 14.9. The molecule has 0 aromatic carbocycles. The van der Waals surface area contributed by atoms with Crippen LogP contribution in [0, 0.1) is 0 Å². The van der Waals surface area contributed by atoms with Gasteiger partial charge in [-0.25, -0.2) is 0 Å². The first-order valence-corrected chi connectivity index (χ1v) is 12.9. The molecular weight excluding hydrogens is 288 g/mol. The largest absolute Gasteiger partial charge is 0.415 e. The van der Waals surface area contributed by atoms with Crippen LogP contribution in [0.4, 0.5) is 0 Å². The molecule has 0 spiro atoms. The zero-order chi connectivity index (χ0) is 16.0. The standard InChI is InChI=1S/C13H35N2O3Si2/c1-14(2)10-12-16-19(6,7)18-20(8,9)17-13-11-15(3,4)5/h10-13H2,1-9H3/q+1. The number of rotatable bonds is 10. The van der Waals surface area contributed by atoms with E-state index in [1.807, 2.05) is 14.1 Å². The predicted molar refractivity (Wildman–Crippen MR) is 89.4 cm³/mol. The number of nitrogens with zero attached hydrogens (tertiary/aromatic N) is 2. The minimum absolute atomic E-state index is 0.718. The van der Waals surface area contributed by atoms with E-state index in [0.717, 1.165) is 30.8 Å². The van der Waals surface area contributed by atoms with Crippen LogP contribution in [-0.2, 0) is 13.0 Å². The van der Waals surface area contributed by atoms with Crippen LogP contribution in [0.2, 0.25) is 26.2 Å². The fourth-order valence-corrected chi connectivity index (χ4v) is 8.06. The van der Waals surface area contributed by atoms with E-state index in [2.05, 4.69) is 52.2 Å². The maximum atomic E-state index is 6.23. The van der Waals surface area contributed by atoms with Gasteiger partial charge in [-0.1, -0.05) is 0 Å². The molecule has 122 valence electrons. The molecule has 0 saturated carbocycles. The number of likely N-dealkylation sites (N-methyl/N-ethyl adjacent to an activating group) is 2. The third-order valence-corrected chi connectivity index (χ3v) is 8.42. The SMILES string of the molecule is CN(C)CCO[Si](C)(C)O[Si](C)(C)OCC[N+](C)(C)C. The molecule has 0 aliphatic carbocycles. The minimum Gasteiger partial charge on any atom is -0.415 e. The van der Waals surface area contributed by atoms with Crippen molar-refractivity contribution in [2.45, 2.75) is 26.2 Å². The van der Waals surface area contributed by atoms with Crippen molar-refractivity contribution in [3.05, 3.63) is 0 Å². The Kier molecular flexibility index (Phi) is 8.12. The van der Waals surface area contributed by atoms with Gasteiger partial charge in [-0.3, -0.25) is 0 Å². The molecule has 0 saturated heterocycles. The molecule has 7 heteroatoms. The molecule has 0 N–H and O–H groups in total. The molecule has 0 rings (SSSR count). The fraction of sp³-hybridized carbons (Fsp3) is 1.00. The Balaban J connectivity index is 4.14. The lowest BCUT2D eigenvalue weighted by molar-refractivity contribution is -0.870. The molecule has 0 aliphatic rings. The van der Waals surface area contributed by atoms with Crippen LogP contribution in [-0.4, -0.2) is 88.0 Å². The van der Waals surface area contributed by atoms with E-state index in [-0.39, 0.29) is 0 Å². The highest BCUT2D eigenvalue weighted by molar-refractivity contribution is 6.78.